The molecule has 0 bridgehead atoms. The third kappa shape index (κ3) is 2.17. The lowest BCUT2D eigenvalue weighted by Gasteiger charge is -2.20. The van der Waals surface area contributed by atoms with Gasteiger partial charge in [0.05, 0.1) is 21.8 Å². The van der Waals surface area contributed by atoms with Crippen molar-refractivity contribution < 1.29 is 14.3 Å². The Morgan fingerprint density at radius 3 is 2.14 bits per heavy atom. The van der Waals surface area contributed by atoms with E-state index in [2.05, 4.69) is 38.5 Å². The zero-order chi connectivity index (χ0) is 15.1. The number of ether oxygens (including phenoxy) is 1. The second-order valence-electron chi connectivity index (χ2n) is 4.40. The van der Waals surface area contributed by atoms with Gasteiger partial charge in [0.25, 0.3) is 11.8 Å². The summed E-state index contributed by atoms with van der Waals surface area (Å²) in [6.07, 6.45) is 0. The molecule has 2 amide bonds. The number of halogens is 2. The number of anilines is 1. The topological polar surface area (TPSA) is 46.6 Å². The van der Waals surface area contributed by atoms with Gasteiger partial charge >= 0.3 is 0 Å². The summed E-state index contributed by atoms with van der Waals surface area (Å²) in [5.74, 6) is -0.173. The van der Waals surface area contributed by atoms with Crippen LogP contribution in [0.2, 0.25) is 0 Å². The van der Waals surface area contributed by atoms with Gasteiger partial charge in [-0.25, -0.2) is 4.90 Å². The zero-order valence-electron chi connectivity index (χ0n) is 10.9. The molecule has 4 nitrogen and oxygen atoms in total. The molecular formula is C15H9BrINO3. The SMILES string of the molecule is COc1c(I)ccc(Br)c1N1C(=O)c2ccccc2C1=O. The second-order valence-corrected chi connectivity index (χ2v) is 6.42. The van der Waals surface area contributed by atoms with Crippen molar-refractivity contribution in [2.45, 2.75) is 0 Å². The summed E-state index contributed by atoms with van der Waals surface area (Å²) in [7, 11) is 1.52. The number of carbonyl (C=O) groups excluding carboxylic acids is 2. The number of amides is 2. The molecule has 0 spiro atoms. The molecule has 1 aliphatic heterocycles. The summed E-state index contributed by atoms with van der Waals surface area (Å²) in [4.78, 5) is 26.3. The van der Waals surface area contributed by atoms with Crippen LogP contribution in [0.5, 0.6) is 5.75 Å². The van der Waals surface area contributed by atoms with Crippen molar-refractivity contribution in [2.24, 2.45) is 0 Å². The Labute approximate surface area is 143 Å². The normalized spacial score (nSPS) is 13.6. The molecule has 0 radical (unpaired) electrons. The number of carbonyl (C=O) groups is 2. The van der Waals surface area contributed by atoms with Gasteiger partial charge in [-0.1, -0.05) is 12.1 Å². The Kier molecular flexibility index (Phi) is 3.75. The predicted octanol–water partition coefficient (Wildman–Crippen LogP) is 3.86. The Bertz CT molecular complexity index is 741. The van der Waals surface area contributed by atoms with E-state index >= 15 is 0 Å². The number of hydrogen-bond donors (Lipinski definition) is 0. The molecule has 0 aliphatic carbocycles. The fourth-order valence-corrected chi connectivity index (χ4v) is 3.46. The molecule has 0 N–H and O–H groups in total. The number of methoxy groups -OCH3 is 1. The first-order chi connectivity index (χ1) is 10.1. The molecule has 106 valence electrons. The number of imide groups is 1. The largest absolute Gasteiger partial charge is 0.493 e. The fourth-order valence-electron chi connectivity index (χ4n) is 2.32. The van der Waals surface area contributed by atoms with Gasteiger partial charge in [0, 0.05) is 4.47 Å². The minimum Gasteiger partial charge on any atom is -0.493 e. The van der Waals surface area contributed by atoms with E-state index < -0.39 is 0 Å². The Hall–Kier alpha value is -1.41. The van der Waals surface area contributed by atoms with Crippen LogP contribution >= 0.6 is 38.5 Å². The zero-order valence-corrected chi connectivity index (χ0v) is 14.6. The van der Waals surface area contributed by atoms with E-state index in [1.807, 2.05) is 6.07 Å². The molecule has 1 aliphatic rings. The number of hydrogen-bond acceptors (Lipinski definition) is 3. The number of nitrogens with zero attached hydrogens (tertiary/aromatic N) is 1. The van der Waals surface area contributed by atoms with Gasteiger partial charge in [0.1, 0.15) is 5.69 Å². The third-order valence-corrected chi connectivity index (χ3v) is 4.75. The van der Waals surface area contributed by atoms with Crippen molar-refractivity contribution in [2.75, 3.05) is 12.0 Å². The summed E-state index contributed by atoms with van der Waals surface area (Å²) in [6, 6.07) is 10.4. The van der Waals surface area contributed by atoms with Crippen LogP contribution in [0.3, 0.4) is 0 Å². The van der Waals surface area contributed by atoms with Crippen LogP contribution in [0, 0.1) is 3.57 Å². The second kappa shape index (κ2) is 5.42. The molecule has 0 saturated heterocycles. The highest BCUT2D eigenvalue weighted by Crippen LogP contribution is 2.42. The molecule has 0 atom stereocenters. The predicted molar refractivity (Wildman–Crippen MR) is 91.0 cm³/mol. The third-order valence-electron chi connectivity index (χ3n) is 3.26. The van der Waals surface area contributed by atoms with Crippen LogP contribution in [-0.2, 0) is 0 Å². The van der Waals surface area contributed by atoms with Crippen LogP contribution in [0.25, 0.3) is 0 Å². The van der Waals surface area contributed by atoms with Gasteiger partial charge < -0.3 is 4.74 Å². The van der Waals surface area contributed by atoms with E-state index in [0.29, 0.717) is 27.0 Å². The summed E-state index contributed by atoms with van der Waals surface area (Å²) < 4.78 is 6.84. The number of rotatable bonds is 2. The van der Waals surface area contributed by atoms with Crippen LogP contribution in [0.4, 0.5) is 5.69 Å². The molecule has 0 saturated carbocycles. The number of benzene rings is 2. The minimum atomic E-state index is -0.336. The first-order valence-corrected chi connectivity index (χ1v) is 7.93. The van der Waals surface area contributed by atoms with Crippen LogP contribution in [0.15, 0.2) is 40.9 Å². The van der Waals surface area contributed by atoms with Crippen molar-refractivity contribution in [3.8, 4) is 5.75 Å². The highest BCUT2D eigenvalue weighted by atomic mass is 127. The van der Waals surface area contributed by atoms with Crippen molar-refractivity contribution in [1.82, 2.24) is 0 Å². The average Bonchev–Trinajstić information content (AvgIpc) is 2.74. The van der Waals surface area contributed by atoms with Crippen LogP contribution in [0.1, 0.15) is 20.7 Å². The summed E-state index contributed by atoms with van der Waals surface area (Å²) in [6.45, 7) is 0. The lowest BCUT2D eigenvalue weighted by atomic mass is 10.1. The molecule has 0 unspecified atom stereocenters. The smallest absolute Gasteiger partial charge is 0.266 e. The minimum absolute atomic E-state index is 0.336. The highest BCUT2D eigenvalue weighted by molar-refractivity contribution is 14.1. The molecule has 2 aromatic carbocycles. The van der Waals surface area contributed by atoms with Crippen LogP contribution in [-0.4, -0.2) is 18.9 Å². The first-order valence-electron chi connectivity index (χ1n) is 6.06. The fraction of sp³-hybridized carbons (Fsp3) is 0.0667. The summed E-state index contributed by atoms with van der Waals surface area (Å²) in [5, 5.41) is 0. The Morgan fingerprint density at radius 1 is 1.05 bits per heavy atom. The number of fused-ring (bicyclic) bond motifs is 1. The van der Waals surface area contributed by atoms with Crippen molar-refractivity contribution in [1.29, 1.82) is 0 Å². The highest BCUT2D eigenvalue weighted by Gasteiger charge is 2.39. The van der Waals surface area contributed by atoms with Crippen molar-refractivity contribution in [3.63, 3.8) is 0 Å². The van der Waals surface area contributed by atoms with Gasteiger partial charge in [0.2, 0.25) is 0 Å². The molecular weight excluding hydrogens is 449 g/mol. The molecule has 2 aromatic rings. The van der Waals surface area contributed by atoms with Gasteiger partial charge in [-0.3, -0.25) is 9.59 Å². The Morgan fingerprint density at radius 2 is 1.62 bits per heavy atom. The maximum Gasteiger partial charge on any atom is 0.266 e. The van der Waals surface area contributed by atoms with Gasteiger partial charge in [0.15, 0.2) is 5.75 Å². The van der Waals surface area contributed by atoms with Crippen molar-refractivity contribution >= 4 is 56.0 Å². The van der Waals surface area contributed by atoms with Crippen LogP contribution < -0.4 is 9.64 Å². The molecule has 1 heterocycles. The maximum atomic E-state index is 12.6. The monoisotopic (exact) mass is 457 g/mol. The lowest BCUT2D eigenvalue weighted by molar-refractivity contribution is 0.0925. The summed E-state index contributed by atoms with van der Waals surface area (Å²) >= 11 is 5.51. The quantitative estimate of drug-likeness (QED) is 0.508. The van der Waals surface area contributed by atoms with E-state index in [1.54, 1.807) is 30.3 Å². The molecule has 6 heteroatoms. The van der Waals surface area contributed by atoms with Gasteiger partial charge in [-0.2, -0.15) is 0 Å². The van der Waals surface area contributed by atoms with Gasteiger partial charge in [-0.05, 0) is 62.8 Å². The molecule has 0 fully saturated rings. The summed E-state index contributed by atoms with van der Waals surface area (Å²) in [5.41, 5.74) is 1.27. The first kappa shape index (κ1) is 14.5. The maximum absolute atomic E-state index is 12.6. The molecule has 3 rings (SSSR count). The Balaban J connectivity index is 2.23. The lowest BCUT2D eigenvalue weighted by Crippen LogP contribution is -2.30. The molecule has 0 aromatic heterocycles. The standard InChI is InChI=1S/C15H9BrINO3/c1-21-13-11(17)7-6-10(16)12(13)18-14(19)8-4-2-3-5-9(8)15(18)20/h2-7H,1H3. The van der Waals surface area contributed by atoms with Crippen molar-refractivity contribution in [3.05, 3.63) is 55.6 Å². The van der Waals surface area contributed by atoms with E-state index in [1.165, 1.54) is 7.11 Å². The average molecular weight is 458 g/mol. The molecule has 21 heavy (non-hydrogen) atoms. The van der Waals surface area contributed by atoms with E-state index in [0.717, 1.165) is 8.47 Å². The van der Waals surface area contributed by atoms with Gasteiger partial charge in [-0.15, -0.1) is 0 Å². The van der Waals surface area contributed by atoms with E-state index in [-0.39, 0.29) is 11.8 Å². The van der Waals surface area contributed by atoms with E-state index in [9.17, 15) is 9.59 Å². The van der Waals surface area contributed by atoms with E-state index in [4.69, 9.17) is 4.74 Å².